The molecule has 0 radical (unpaired) electrons. The second-order valence-electron chi connectivity index (χ2n) is 6.22. The summed E-state index contributed by atoms with van der Waals surface area (Å²) in [6.45, 7) is 1.77. The maximum Gasteiger partial charge on any atom is 0.251 e. The number of aryl methyl sites for hydroxylation is 1. The van der Waals surface area contributed by atoms with Crippen LogP contribution < -0.4 is 10.6 Å². The fourth-order valence-electron chi connectivity index (χ4n) is 2.32. The summed E-state index contributed by atoms with van der Waals surface area (Å²) in [6, 6.07) is 13.5. The van der Waals surface area contributed by atoms with Crippen molar-refractivity contribution in [3.05, 3.63) is 65.2 Å². The maximum atomic E-state index is 12.3. The highest BCUT2D eigenvalue weighted by Crippen LogP contribution is 2.18. The standard InChI is InChI=1S/C19H23N3O4S/c1-14-8-10-15(11-9-14)19(24)21-13-18(23)20-12-16-6-4-5-7-17(16)27(25,26)22(2)3/h4-11H,12-13H2,1-3H3,(H,20,23)(H,21,24). The summed E-state index contributed by atoms with van der Waals surface area (Å²) < 4.78 is 25.8. The Labute approximate surface area is 159 Å². The Morgan fingerprint density at radius 1 is 0.963 bits per heavy atom. The van der Waals surface area contributed by atoms with E-state index in [9.17, 15) is 18.0 Å². The van der Waals surface area contributed by atoms with Gasteiger partial charge in [0.25, 0.3) is 5.91 Å². The molecule has 0 heterocycles. The van der Waals surface area contributed by atoms with Crippen LogP contribution in [0, 0.1) is 6.92 Å². The number of nitrogens with one attached hydrogen (secondary N) is 2. The summed E-state index contributed by atoms with van der Waals surface area (Å²) >= 11 is 0. The minimum atomic E-state index is -3.61. The second kappa shape index (κ2) is 8.79. The Balaban J connectivity index is 1.95. The van der Waals surface area contributed by atoms with E-state index in [-0.39, 0.29) is 23.9 Å². The van der Waals surface area contributed by atoms with E-state index in [2.05, 4.69) is 10.6 Å². The maximum absolute atomic E-state index is 12.3. The molecule has 0 fully saturated rings. The highest BCUT2D eigenvalue weighted by atomic mass is 32.2. The summed E-state index contributed by atoms with van der Waals surface area (Å²) in [7, 11) is -0.709. The molecule has 0 aliphatic rings. The Hall–Kier alpha value is -2.71. The number of benzene rings is 2. The molecule has 0 aromatic heterocycles. The van der Waals surface area contributed by atoms with Crippen molar-refractivity contribution in [1.29, 1.82) is 0 Å². The minimum absolute atomic E-state index is 0.0441. The summed E-state index contributed by atoms with van der Waals surface area (Å²) in [5.74, 6) is -0.756. The van der Waals surface area contributed by atoms with Gasteiger partial charge >= 0.3 is 0 Å². The Morgan fingerprint density at radius 3 is 2.22 bits per heavy atom. The number of amides is 2. The van der Waals surface area contributed by atoms with Crippen LogP contribution in [0.2, 0.25) is 0 Å². The van der Waals surface area contributed by atoms with Gasteiger partial charge in [-0.05, 0) is 30.7 Å². The van der Waals surface area contributed by atoms with Gasteiger partial charge in [-0.25, -0.2) is 12.7 Å². The SMILES string of the molecule is Cc1ccc(C(=O)NCC(=O)NCc2ccccc2S(=O)(=O)N(C)C)cc1. The van der Waals surface area contributed by atoms with Gasteiger partial charge in [0.1, 0.15) is 0 Å². The highest BCUT2D eigenvalue weighted by molar-refractivity contribution is 7.89. The first kappa shape index (κ1) is 20.6. The number of carbonyl (C=O) groups excluding carboxylic acids is 2. The van der Waals surface area contributed by atoms with Crippen LogP contribution in [0.25, 0.3) is 0 Å². The van der Waals surface area contributed by atoms with Crippen molar-refractivity contribution in [2.24, 2.45) is 0 Å². The molecule has 0 aliphatic carbocycles. The van der Waals surface area contributed by atoms with E-state index >= 15 is 0 Å². The smallest absolute Gasteiger partial charge is 0.251 e. The van der Waals surface area contributed by atoms with Crippen molar-refractivity contribution in [2.45, 2.75) is 18.4 Å². The van der Waals surface area contributed by atoms with Gasteiger partial charge in [0.15, 0.2) is 0 Å². The topological polar surface area (TPSA) is 95.6 Å². The van der Waals surface area contributed by atoms with Gasteiger partial charge in [0, 0.05) is 26.2 Å². The molecule has 0 unspecified atom stereocenters. The van der Waals surface area contributed by atoms with Gasteiger partial charge in [0.2, 0.25) is 15.9 Å². The van der Waals surface area contributed by atoms with Gasteiger partial charge in [-0.3, -0.25) is 9.59 Å². The molecule has 8 heteroatoms. The summed E-state index contributed by atoms with van der Waals surface area (Å²) in [6.07, 6.45) is 0. The van der Waals surface area contributed by atoms with E-state index in [1.54, 1.807) is 30.3 Å². The highest BCUT2D eigenvalue weighted by Gasteiger charge is 2.20. The molecule has 0 atom stereocenters. The van der Waals surface area contributed by atoms with E-state index in [1.165, 1.54) is 20.2 Å². The molecule has 27 heavy (non-hydrogen) atoms. The first-order valence-electron chi connectivity index (χ1n) is 8.34. The monoisotopic (exact) mass is 389 g/mol. The third-order valence-electron chi connectivity index (χ3n) is 3.93. The molecule has 2 amide bonds. The largest absolute Gasteiger partial charge is 0.350 e. The quantitative estimate of drug-likeness (QED) is 0.746. The molecule has 2 N–H and O–H groups in total. The van der Waals surface area contributed by atoms with Crippen molar-refractivity contribution in [3.63, 3.8) is 0 Å². The first-order valence-corrected chi connectivity index (χ1v) is 9.78. The lowest BCUT2D eigenvalue weighted by Crippen LogP contribution is -2.37. The summed E-state index contributed by atoms with van der Waals surface area (Å²) in [5, 5.41) is 5.17. The van der Waals surface area contributed by atoms with E-state index in [1.807, 2.05) is 19.1 Å². The number of sulfonamides is 1. The average Bonchev–Trinajstić information content (AvgIpc) is 2.65. The van der Waals surface area contributed by atoms with Crippen LogP contribution in [0.3, 0.4) is 0 Å². The molecule has 7 nitrogen and oxygen atoms in total. The molecule has 0 aliphatic heterocycles. The third-order valence-corrected chi connectivity index (χ3v) is 5.85. The Kier molecular flexibility index (Phi) is 6.70. The molecular weight excluding hydrogens is 366 g/mol. The molecular formula is C19H23N3O4S. The number of hydrogen-bond acceptors (Lipinski definition) is 4. The first-order chi connectivity index (χ1) is 12.7. The van der Waals surface area contributed by atoms with Crippen LogP contribution in [-0.4, -0.2) is 45.2 Å². The minimum Gasteiger partial charge on any atom is -0.350 e. The molecule has 0 spiro atoms. The van der Waals surface area contributed by atoms with Crippen molar-refractivity contribution in [3.8, 4) is 0 Å². The Bertz CT molecular complexity index is 922. The second-order valence-corrected chi connectivity index (χ2v) is 8.34. The van der Waals surface area contributed by atoms with Crippen LogP contribution in [-0.2, 0) is 21.4 Å². The van der Waals surface area contributed by atoms with E-state index in [0.717, 1.165) is 9.87 Å². The molecule has 0 saturated heterocycles. The van der Waals surface area contributed by atoms with Crippen molar-refractivity contribution < 1.29 is 18.0 Å². The summed E-state index contributed by atoms with van der Waals surface area (Å²) in [5.41, 5.74) is 1.98. The van der Waals surface area contributed by atoms with Crippen molar-refractivity contribution in [2.75, 3.05) is 20.6 Å². The predicted octanol–water partition coefficient (Wildman–Crippen LogP) is 1.29. The van der Waals surface area contributed by atoms with Crippen LogP contribution in [0.4, 0.5) is 0 Å². The number of carbonyl (C=O) groups is 2. The van der Waals surface area contributed by atoms with Gasteiger partial charge in [-0.1, -0.05) is 35.9 Å². The van der Waals surface area contributed by atoms with Crippen LogP contribution in [0.15, 0.2) is 53.4 Å². The summed E-state index contributed by atoms with van der Waals surface area (Å²) in [4.78, 5) is 24.2. The molecule has 0 saturated carbocycles. The zero-order chi connectivity index (χ0) is 20.0. The predicted molar refractivity (Wildman–Crippen MR) is 103 cm³/mol. The number of nitrogens with zero attached hydrogens (tertiary/aromatic N) is 1. The van der Waals surface area contributed by atoms with Crippen LogP contribution in [0.1, 0.15) is 21.5 Å². The fourth-order valence-corrected chi connectivity index (χ4v) is 3.44. The van der Waals surface area contributed by atoms with Gasteiger partial charge < -0.3 is 10.6 Å². The van der Waals surface area contributed by atoms with Gasteiger partial charge in [-0.15, -0.1) is 0 Å². The molecule has 0 bridgehead atoms. The molecule has 2 rings (SSSR count). The van der Waals surface area contributed by atoms with Crippen LogP contribution in [0.5, 0.6) is 0 Å². The van der Waals surface area contributed by atoms with Gasteiger partial charge in [0.05, 0.1) is 11.4 Å². The lowest BCUT2D eigenvalue weighted by molar-refractivity contribution is -0.120. The molecule has 2 aromatic rings. The zero-order valence-electron chi connectivity index (χ0n) is 15.5. The average molecular weight is 389 g/mol. The number of hydrogen-bond donors (Lipinski definition) is 2. The zero-order valence-corrected chi connectivity index (χ0v) is 16.3. The lowest BCUT2D eigenvalue weighted by atomic mass is 10.1. The normalized spacial score (nSPS) is 11.3. The van der Waals surface area contributed by atoms with Crippen molar-refractivity contribution in [1.82, 2.24) is 14.9 Å². The van der Waals surface area contributed by atoms with E-state index in [0.29, 0.717) is 11.1 Å². The van der Waals surface area contributed by atoms with Crippen LogP contribution >= 0.6 is 0 Å². The molecule has 2 aromatic carbocycles. The van der Waals surface area contributed by atoms with E-state index in [4.69, 9.17) is 0 Å². The molecule has 144 valence electrons. The third kappa shape index (κ3) is 5.38. The Morgan fingerprint density at radius 2 is 1.59 bits per heavy atom. The fraction of sp³-hybridized carbons (Fsp3) is 0.263. The van der Waals surface area contributed by atoms with Gasteiger partial charge in [-0.2, -0.15) is 0 Å². The van der Waals surface area contributed by atoms with Crippen molar-refractivity contribution >= 4 is 21.8 Å². The lowest BCUT2D eigenvalue weighted by Gasteiger charge is -2.15. The number of rotatable bonds is 7. The van der Waals surface area contributed by atoms with E-state index < -0.39 is 15.9 Å².